The Morgan fingerprint density at radius 1 is 1.61 bits per heavy atom. The Bertz CT molecular complexity index is 369. The molecule has 1 aliphatic rings. The van der Waals surface area contributed by atoms with E-state index in [2.05, 4.69) is 16.9 Å². The summed E-state index contributed by atoms with van der Waals surface area (Å²) in [6.45, 7) is 4.34. The molecule has 2 rings (SSSR count). The lowest BCUT2D eigenvalue weighted by atomic mass is 10.3. The number of nitrogens with zero attached hydrogens (tertiary/aromatic N) is 2. The molecule has 1 saturated heterocycles. The van der Waals surface area contributed by atoms with Crippen LogP contribution >= 0.6 is 11.8 Å². The number of ether oxygens (including phenoxy) is 1. The van der Waals surface area contributed by atoms with E-state index in [1.807, 2.05) is 4.90 Å². The van der Waals surface area contributed by atoms with Crippen molar-refractivity contribution in [3.8, 4) is 0 Å². The van der Waals surface area contributed by atoms with Crippen molar-refractivity contribution in [2.45, 2.75) is 25.1 Å². The summed E-state index contributed by atoms with van der Waals surface area (Å²) in [6, 6.07) is 0. The van der Waals surface area contributed by atoms with E-state index in [4.69, 9.17) is 4.74 Å². The van der Waals surface area contributed by atoms with Gasteiger partial charge in [-0.1, -0.05) is 6.92 Å². The lowest BCUT2D eigenvalue weighted by Crippen LogP contribution is -2.30. The van der Waals surface area contributed by atoms with Gasteiger partial charge in [-0.2, -0.15) is 0 Å². The highest BCUT2D eigenvalue weighted by Crippen LogP contribution is 2.36. The number of imidazole rings is 1. The topological polar surface area (TPSA) is 58.2 Å². The predicted molar refractivity (Wildman–Crippen MR) is 71.2 cm³/mol. The van der Waals surface area contributed by atoms with Gasteiger partial charge in [0.15, 0.2) is 0 Å². The van der Waals surface area contributed by atoms with Crippen molar-refractivity contribution in [3.63, 3.8) is 0 Å². The van der Waals surface area contributed by atoms with Gasteiger partial charge in [-0.15, -0.1) is 11.8 Å². The first kappa shape index (κ1) is 13.4. The molecule has 1 aliphatic heterocycles. The second-order valence-corrected chi connectivity index (χ2v) is 5.26. The number of hydrogen-bond donors (Lipinski definition) is 1. The van der Waals surface area contributed by atoms with Crippen molar-refractivity contribution in [2.75, 3.05) is 25.5 Å². The predicted octanol–water partition coefficient (Wildman–Crippen LogP) is 1.80. The lowest BCUT2D eigenvalue weighted by molar-refractivity contribution is -0.128. The Labute approximate surface area is 111 Å². The molecule has 5 nitrogen and oxygen atoms in total. The first-order valence-corrected chi connectivity index (χ1v) is 7.36. The van der Waals surface area contributed by atoms with Gasteiger partial charge in [0.25, 0.3) is 0 Å². The van der Waals surface area contributed by atoms with E-state index in [1.54, 1.807) is 24.2 Å². The number of aromatic nitrogens is 2. The van der Waals surface area contributed by atoms with Gasteiger partial charge in [-0.25, -0.2) is 4.98 Å². The molecule has 0 saturated carbocycles. The summed E-state index contributed by atoms with van der Waals surface area (Å²) < 4.78 is 5.44. The molecule has 2 heterocycles. The Morgan fingerprint density at radius 3 is 3.22 bits per heavy atom. The number of nitrogens with one attached hydrogen (secondary N) is 1. The molecule has 100 valence electrons. The van der Waals surface area contributed by atoms with Crippen LogP contribution in [0.15, 0.2) is 12.4 Å². The highest BCUT2D eigenvalue weighted by atomic mass is 32.2. The van der Waals surface area contributed by atoms with Crippen LogP contribution < -0.4 is 0 Å². The molecule has 0 radical (unpaired) electrons. The third-order valence-corrected chi connectivity index (χ3v) is 3.96. The minimum Gasteiger partial charge on any atom is -0.381 e. The molecular formula is C12H19N3O2S. The molecule has 1 atom stereocenters. The van der Waals surface area contributed by atoms with Crippen molar-refractivity contribution >= 4 is 17.7 Å². The van der Waals surface area contributed by atoms with E-state index < -0.39 is 0 Å². The number of aromatic amines is 1. The second kappa shape index (κ2) is 6.80. The third-order valence-electron chi connectivity index (χ3n) is 2.76. The largest absolute Gasteiger partial charge is 0.381 e. The SMILES string of the molecule is CCCOCCCN1C(=O)CSC1c1ncc[nH]1. The fourth-order valence-electron chi connectivity index (χ4n) is 1.92. The smallest absolute Gasteiger partial charge is 0.233 e. The maximum atomic E-state index is 11.8. The van der Waals surface area contributed by atoms with Gasteiger partial charge < -0.3 is 14.6 Å². The monoisotopic (exact) mass is 269 g/mol. The zero-order chi connectivity index (χ0) is 12.8. The minimum absolute atomic E-state index is 0.0404. The Hall–Kier alpha value is -1.01. The molecule has 1 aromatic heterocycles. The van der Waals surface area contributed by atoms with Crippen LogP contribution in [0.1, 0.15) is 31.0 Å². The van der Waals surface area contributed by atoms with E-state index in [0.29, 0.717) is 12.4 Å². The van der Waals surface area contributed by atoms with Crippen LogP contribution in [-0.2, 0) is 9.53 Å². The Balaban J connectivity index is 1.82. The van der Waals surface area contributed by atoms with E-state index >= 15 is 0 Å². The first-order valence-electron chi connectivity index (χ1n) is 6.31. The van der Waals surface area contributed by atoms with Crippen molar-refractivity contribution in [1.82, 2.24) is 14.9 Å². The third kappa shape index (κ3) is 3.26. The summed E-state index contributed by atoms with van der Waals surface area (Å²) in [5.41, 5.74) is 0. The summed E-state index contributed by atoms with van der Waals surface area (Å²) in [7, 11) is 0. The lowest BCUT2D eigenvalue weighted by Gasteiger charge is -2.22. The van der Waals surface area contributed by atoms with Crippen molar-refractivity contribution < 1.29 is 9.53 Å². The normalized spacial score (nSPS) is 19.7. The highest BCUT2D eigenvalue weighted by molar-refractivity contribution is 8.00. The number of rotatable bonds is 7. The fraction of sp³-hybridized carbons (Fsp3) is 0.667. The average Bonchev–Trinajstić information content (AvgIpc) is 2.99. The van der Waals surface area contributed by atoms with E-state index in [9.17, 15) is 4.79 Å². The molecule has 18 heavy (non-hydrogen) atoms. The van der Waals surface area contributed by atoms with Crippen LogP contribution in [0.3, 0.4) is 0 Å². The highest BCUT2D eigenvalue weighted by Gasteiger charge is 2.33. The van der Waals surface area contributed by atoms with Gasteiger partial charge in [-0.3, -0.25) is 4.79 Å². The number of H-pyrrole nitrogens is 1. The number of carbonyl (C=O) groups is 1. The van der Waals surface area contributed by atoms with Crippen LogP contribution in [0.4, 0.5) is 0 Å². The zero-order valence-corrected chi connectivity index (χ0v) is 11.4. The summed E-state index contributed by atoms with van der Waals surface area (Å²) in [6.07, 6.45) is 5.43. The standard InChI is InChI=1S/C12H19N3O2S/c1-2-7-17-8-3-6-15-10(16)9-18-12(15)11-13-4-5-14-11/h4-5,12H,2-3,6-9H2,1H3,(H,13,14). The quantitative estimate of drug-likeness (QED) is 0.767. The fourth-order valence-corrected chi connectivity index (χ4v) is 3.07. The molecule has 6 heteroatoms. The molecule has 0 aromatic carbocycles. The van der Waals surface area contributed by atoms with Gasteiger partial charge in [0.05, 0.1) is 5.75 Å². The van der Waals surface area contributed by atoms with Crippen molar-refractivity contribution in [1.29, 1.82) is 0 Å². The van der Waals surface area contributed by atoms with Gasteiger partial charge in [-0.05, 0) is 12.8 Å². The second-order valence-electron chi connectivity index (χ2n) is 4.19. The van der Waals surface area contributed by atoms with Crippen LogP contribution in [0.2, 0.25) is 0 Å². The molecule has 1 aromatic rings. The molecule has 1 fully saturated rings. The molecule has 0 bridgehead atoms. The molecule has 1 N–H and O–H groups in total. The van der Waals surface area contributed by atoms with Crippen LogP contribution in [0.5, 0.6) is 0 Å². The van der Waals surface area contributed by atoms with Gasteiger partial charge in [0, 0.05) is 32.2 Å². The van der Waals surface area contributed by atoms with E-state index in [0.717, 1.165) is 31.8 Å². The van der Waals surface area contributed by atoms with Crippen molar-refractivity contribution in [2.24, 2.45) is 0 Å². The average molecular weight is 269 g/mol. The van der Waals surface area contributed by atoms with Crippen LogP contribution in [0.25, 0.3) is 0 Å². The number of thioether (sulfide) groups is 1. The molecule has 0 spiro atoms. The molecular weight excluding hydrogens is 250 g/mol. The summed E-state index contributed by atoms with van der Waals surface area (Å²) in [4.78, 5) is 21.0. The zero-order valence-electron chi connectivity index (χ0n) is 10.6. The molecule has 1 unspecified atom stereocenters. The summed E-state index contributed by atoms with van der Waals surface area (Å²) in [5.74, 6) is 1.60. The molecule has 1 amide bonds. The number of amides is 1. The summed E-state index contributed by atoms with van der Waals surface area (Å²) in [5, 5.41) is 0.0404. The van der Waals surface area contributed by atoms with Gasteiger partial charge in [0.1, 0.15) is 11.2 Å². The molecule has 0 aliphatic carbocycles. The van der Waals surface area contributed by atoms with Crippen LogP contribution in [0, 0.1) is 0 Å². The van der Waals surface area contributed by atoms with Crippen LogP contribution in [-0.4, -0.2) is 46.3 Å². The number of carbonyl (C=O) groups excluding carboxylic acids is 1. The Morgan fingerprint density at radius 2 is 2.50 bits per heavy atom. The Kier molecular flexibility index (Phi) is 5.07. The van der Waals surface area contributed by atoms with E-state index in [-0.39, 0.29) is 11.3 Å². The minimum atomic E-state index is 0.0404. The number of hydrogen-bond acceptors (Lipinski definition) is 4. The van der Waals surface area contributed by atoms with Gasteiger partial charge in [0.2, 0.25) is 5.91 Å². The first-order chi connectivity index (χ1) is 8.83. The van der Waals surface area contributed by atoms with Gasteiger partial charge >= 0.3 is 0 Å². The maximum absolute atomic E-state index is 11.8. The van der Waals surface area contributed by atoms with E-state index in [1.165, 1.54) is 0 Å². The summed E-state index contributed by atoms with van der Waals surface area (Å²) >= 11 is 1.63. The maximum Gasteiger partial charge on any atom is 0.233 e. The van der Waals surface area contributed by atoms with Crippen molar-refractivity contribution in [3.05, 3.63) is 18.2 Å².